The van der Waals surface area contributed by atoms with Gasteiger partial charge >= 0.3 is 6.03 Å². The Morgan fingerprint density at radius 1 is 0.914 bits per heavy atom. The fraction of sp³-hybridized carbons (Fsp3) is 0.444. The summed E-state index contributed by atoms with van der Waals surface area (Å²) >= 11 is 0. The van der Waals surface area contributed by atoms with Crippen LogP contribution >= 0.6 is 0 Å². The third-order valence-corrected chi connectivity index (χ3v) is 7.17. The van der Waals surface area contributed by atoms with E-state index in [1.165, 1.54) is 5.56 Å². The zero-order valence-electron chi connectivity index (χ0n) is 20.4. The van der Waals surface area contributed by atoms with Crippen LogP contribution in [0.5, 0.6) is 0 Å². The van der Waals surface area contributed by atoms with Crippen LogP contribution in [0, 0.1) is 0 Å². The van der Waals surface area contributed by atoms with Crippen molar-refractivity contribution < 1.29 is 9.59 Å². The Labute approximate surface area is 206 Å². The molecule has 1 aromatic heterocycles. The van der Waals surface area contributed by atoms with Crippen LogP contribution in [0.4, 0.5) is 4.79 Å². The van der Waals surface area contributed by atoms with E-state index in [2.05, 4.69) is 26.9 Å². The van der Waals surface area contributed by atoms with Crippen LogP contribution in [0.1, 0.15) is 34.6 Å². The number of rotatable bonds is 6. The van der Waals surface area contributed by atoms with Crippen LogP contribution in [0.3, 0.4) is 0 Å². The van der Waals surface area contributed by atoms with Crippen LogP contribution in [0.25, 0.3) is 11.0 Å². The van der Waals surface area contributed by atoms with Crippen LogP contribution in [0.15, 0.2) is 48.5 Å². The molecule has 2 aliphatic heterocycles. The molecular weight excluding hydrogens is 440 g/mol. The van der Waals surface area contributed by atoms with Gasteiger partial charge in [-0.25, -0.2) is 9.78 Å². The van der Waals surface area contributed by atoms with Crippen molar-refractivity contribution in [1.29, 1.82) is 0 Å². The molecule has 8 heteroatoms. The molecule has 35 heavy (non-hydrogen) atoms. The van der Waals surface area contributed by atoms with E-state index < -0.39 is 0 Å². The number of nitrogens with zero attached hydrogens (tertiary/aromatic N) is 5. The van der Waals surface area contributed by atoms with Gasteiger partial charge in [-0.3, -0.25) is 9.69 Å². The first-order chi connectivity index (χ1) is 17.1. The summed E-state index contributed by atoms with van der Waals surface area (Å²) in [5.41, 5.74) is 3.85. The minimum atomic E-state index is 0.0125. The van der Waals surface area contributed by atoms with Crippen molar-refractivity contribution >= 4 is 23.0 Å². The van der Waals surface area contributed by atoms with Crippen molar-refractivity contribution in [3.63, 3.8) is 0 Å². The predicted molar refractivity (Wildman–Crippen MR) is 136 cm³/mol. The molecule has 3 amide bonds. The fourth-order valence-electron chi connectivity index (χ4n) is 5.01. The molecule has 2 aliphatic rings. The number of fused-ring (bicyclic) bond motifs is 1. The van der Waals surface area contributed by atoms with Gasteiger partial charge in [0.05, 0.1) is 17.6 Å². The van der Waals surface area contributed by atoms with E-state index in [0.29, 0.717) is 19.6 Å². The maximum atomic E-state index is 12.8. The molecule has 0 saturated carbocycles. The molecule has 0 spiro atoms. The molecule has 8 nitrogen and oxygen atoms in total. The van der Waals surface area contributed by atoms with Crippen LogP contribution in [-0.2, 0) is 20.0 Å². The highest BCUT2D eigenvalue weighted by Gasteiger charge is 2.23. The quantitative estimate of drug-likeness (QED) is 0.596. The minimum Gasteiger partial charge on any atom is -0.339 e. The van der Waals surface area contributed by atoms with Gasteiger partial charge in [0.2, 0.25) is 0 Å². The first-order valence-corrected chi connectivity index (χ1v) is 12.6. The summed E-state index contributed by atoms with van der Waals surface area (Å²) in [4.78, 5) is 36.3. The SMILES string of the molecule is Cn1c(CN2CCN(C(=O)NCCc3ccccc3)CC2)nc2cc(C(=O)N3CCCC3)ccc21. The molecule has 1 N–H and O–H groups in total. The van der Waals surface area contributed by atoms with E-state index in [1.54, 1.807) is 0 Å². The van der Waals surface area contributed by atoms with Crippen LogP contribution in [0.2, 0.25) is 0 Å². The maximum absolute atomic E-state index is 12.8. The normalized spacial score (nSPS) is 16.7. The zero-order chi connectivity index (χ0) is 24.2. The number of hydrogen-bond donors (Lipinski definition) is 1. The molecular formula is C27H34N6O2. The molecule has 2 fully saturated rings. The highest BCUT2D eigenvalue weighted by Crippen LogP contribution is 2.21. The topological polar surface area (TPSA) is 73.7 Å². The Kier molecular flexibility index (Phi) is 6.99. The summed E-state index contributed by atoms with van der Waals surface area (Å²) in [6.45, 7) is 6.10. The van der Waals surface area contributed by atoms with Gasteiger partial charge in [0.1, 0.15) is 5.82 Å². The number of amides is 3. The van der Waals surface area contributed by atoms with Gasteiger partial charge in [-0.05, 0) is 43.0 Å². The van der Waals surface area contributed by atoms with E-state index in [1.807, 2.05) is 53.2 Å². The van der Waals surface area contributed by atoms with Gasteiger partial charge in [0.25, 0.3) is 5.91 Å². The van der Waals surface area contributed by atoms with E-state index in [0.717, 1.165) is 74.4 Å². The summed E-state index contributed by atoms with van der Waals surface area (Å²) in [6.07, 6.45) is 3.01. The number of hydrogen-bond acceptors (Lipinski definition) is 4. The Balaban J connectivity index is 1.14. The largest absolute Gasteiger partial charge is 0.339 e. The van der Waals surface area contributed by atoms with Gasteiger partial charge in [-0.15, -0.1) is 0 Å². The molecule has 184 valence electrons. The Bertz CT molecular complexity index is 1180. The van der Waals surface area contributed by atoms with Gasteiger partial charge in [0.15, 0.2) is 0 Å². The number of carbonyl (C=O) groups is 2. The monoisotopic (exact) mass is 474 g/mol. The first kappa shape index (κ1) is 23.4. The third-order valence-electron chi connectivity index (χ3n) is 7.17. The second-order valence-electron chi connectivity index (χ2n) is 9.52. The molecule has 3 aromatic rings. The van der Waals surface area contributed by atoms with E-state index >= 15 is 0 Å². The second kappa shape index (κ2) is 10.5. The molecule has 3 heterocycles. The molecule has 5 rings (SSSR count). The molecule has 0 bridgehead atoms. The number of imidazole rings is 1. The minimum absolute atomic E-state index is 0.0125. The highest BCUT2D eigenvalue weighted by molar-refractivity contribution is 5.97. The van der Waals surface area contributed by atoms with E-state index in [9.17, 15) is 9.59 Å². The standard InChI is InChI=1S/C27H34N6O2/c1-30-24-10-9-22(26(34)32-13-5-6-14-32)19-23(24)29-25(30)20-31-15-17-33(18-16-31)27(35)28-12-11-21-7-3-2-4-8-21/h2-4,7-10,19H,5-6,11-18,20H2,1H3,(H,28,35). The number of aryl methyl sites for hydroxylation is 1. The lowest BCUT2D eigenvalue weighted by Gasteiger charge is -2.34. The summed E-state index contributed by atoms with van der Waals surface area (Å²) in [5.74, 6) is 1.08. The lowest BCUT2D eigenvalue weighted by Crippen LogP contribution is -2.51. The van der Waals surface area contributed by atoms with E-state index in [4.69, 9.17) is 4.98 Å². The molecule has 2 aromatic carbocycles. The van der Waals surface area contributed by atoms with Gasteiger partial charge in [-0.2, -0.15) is 0 Å². The van der Waals surface area contributed by atoms with Gasteiger partial charge < -0.3 is 19.7 Å². The Hall–Kier alpha value is -3.39. The molecule has 0 aliphatic carbocycles. The predicted octanol–water partition coefficient (Wildman–Crippen LogP) is 2.88. The molecule has 2 saturated heterocycles. The number of piperazine rings is 1. The second-order valence-corrected chi connectivity index (χ2v) is 9.52. The van der Waals surface area contributed by atoms with Crippen molar-refractivity contribution in [2.45, 2.75) is 25.8 Å². The molecule has 0 radical (unpaired) electrons. The van der Waals surface area contributed by atoms with Crippen molar-refractivity contribution in [2.75, 3.05) is 45.8 Å². The summed E-state index contributed by atoms with van der Waals surface area (Å²) in [7, 11) is 2.03. The molecule has 0 atom stereocenters. The number of benzene rings is 2. The average Bonchev–Trinajstić information content (AvgIpc) is 3.53. The smallest absolute Gasteiger partial charge is 0.317 e. The summed E-state index contributed by atoms with van der Waals surface area (Å²) < 4.78 is 2.11. The third kappa shape index (κ3) is 5.32. The highest BCUT2D eigenvalue weighted by atomic mass is 16.2. The number of likely N-dealkylation sites (tertiary alicyclic amines) is 1. The van der Waals surface area contributed by atoms with Gasteiger partial charge in [-0.1, -0.05) is 30.3 Å². The first-order valence-electron chi connectivity index (χ1n) is 12.6. The number of urea groups is 1. The summed E-state index contributed by atoms with van der Waals surface area (Å²) in [6, 6.07) is 16.1. The Morgan fingerprint density at radius 3 is 2.40 bits per heavy atom. The molecule has 0 unspecified atom stereocenters. The van der Waals surface area contributed by atoms with Crippen molar-refractivity contribution in [2.24, 2.45) is 7.05 Å². The van der Waals surface area contributed by atoms with Crippen molar-refractivity contribution in [1.82, 2.24) is 29.6 Å². The Morgan fingerprint density at radius 2 is 1.66 bits per heavy atom. The average molecular weight is 475 g/mol. The summed E-state index contributed by atoms with van der Waals surface area (Å²) in [5, 5.41) is 3.05. The number of carbonyl (C=O) groups excluding carboxylic acids is 2. The number of nitrogens with one attached hydrogen (secondary N) is 1. The maximum Gasteiger partial charge on any atom is 0.317 e. The van der Waals surface area contributed by atoms with Gasteiger partial charge in [0, 0.05) is 58.4 Å². The fourth-order valence-corrected chi connectivity index (χ4v) is 5.01. The zero-order valence-corrected chi connectivity index (χ0v) is 20.4. The lowest BCUT2D eigenvalue weighted by atomic mass is 10.1. The number of aromatic nitrogens is 2. The van der Waals surface area contributed by atoms with Crippen molar-refractivity contribution in [3.8, 4) is 0 Å². The van der Waals surface area contributed by atoms with E-state index in [-0.39, 0.29) is 11.9 Å². The lowest BCUT2D eigenvalue weighted by molar-refractivity contribution is 0.0793. The van der Waals surface area contributed by atoms with Crippen LogP contribution < -0.4 is 5.32 Å². The van der Waals surface area contributed by atoms with Crippen LogP contribution in [-0.4, -0.2) is 82.0 Å². The van der Waals surface area contributed by atoms with Crippen molar-refractivity contribution in [3.05, 3.63) is 65.5 Å².